The van der Waals surface area contributed by atoms with Gasteiger partial charge in [0.2, 0.25) is 0 Å². The van der Waals surface area contributed by atoms with Crippen LogP contribution in [0.2, 0.25) is 0 Å². The number of hydrogen-bond donors (Lipinski definition) is 3. The predicted octanol–water partition coefficient (Wildman–Crippen LogP) is 3.44. The topological polar surface area (TPSA) is 87.0 Å². The van der Waals surface area contributed by atoms with Crippen molar-refractivity contribution in [3.8, 4) is 0 Å². The van der Waals surface area contributed by atoms with Crippen LogP contribution in [0.25, 0.3) is 0 Å². The number of aliphatic hydroxyl groups excluding tert-OH is 2. The molecular weight excluding hydrogens is 344 g/mol. The molecule has 5 nitrogen and oxygen atoms in total. The van der Waals surface area contributed by atoms with Gasteiger partial charge in [0.15, 0.2) is 0 Å². The summed E-state index contributed by atoms with van der Waals surface area (Å²) in [5.41, 5.74) is 1.66. The summed E-state index contributed by atoms with van der Waals surface area (Å²) in [6.45, 7) is 11.0. The van der Waals surface area contributed by atoms with Crippen LogP contribution in [0.3, 0.4) is 0 Å². The Labute approximate surface area is 163 Å². The van der Waals surface area contributed by atoms with Gasteiger partial charge in [0, 0.05) is 12.8 Å². The lowest BCUT2D eigenvalue weighted by molar-refractivity contribution is -0.140. The van der Waals surface area contributed by atoms with E-state index in [1.807, 2.05) is 13.8 Å². The lowest BCUT2D eigenvalue weighted by Gasteiger charge is -2.30. The average molecular weight is 381 g/mol. The highest BCUT2D eigenvalue weighted by molar-refractivity contribution is 5.66. The lowest BCUT2D eigenvalue weighted by atomic mass is 9.85. The summed E-state index contributed by atoms with van der Waals surface area (Å²) in [6.07, 6.45) is 5.69. The van der Waals surface area contributed by atoms with Crippen molar-refractivity contribution in [2.24, 2.45) is 5.92 Å². The Morgan fingerprint density at radius 2 is 1.96 bits per heavy atom. The molecule has 0 aromatic carbocycles. The summed E-state index contributed by atoms with van der Waals surface area (Å²) >= 11 is 0. The molecular formula is C22H36O5. The summed E-state index contributed by atoms with van der Waals surface area (Å²) in [6, 6.07) is 0. The van der Waals surface area contributed by atoms with E-state index in [0.717, 1.165) is 24.0 Å². The van der Waals surface area contributed by atoms with Crippen molar-refractivity contribution >= 4 is 5.97 Å². The van der Waals surface area contributed by atoms with Gasteiger partial charge in [0.05, 0.1) is 17.8 Å². The minimum Gasteiger partial charge on any atom is -0.461 e. The fraction of sp³-hybridized carbons (Fsp3) is 0.682. The Morgan fingerprint density at radius 1 is 1.30 bits per heavy atom. The maximum absolute atomic E-state index is 11.2. The number of ether oxygens (including phenoxy) is 1. The number of allylic oxidation sites excluding steroid dienone is 2. The average Bonchev–Trinajstić information content (AvgIpc) is 2.55. The molecule has 0 fully saturated rings. The van der Waals surface area contributed by atoms with E-state index >= 15 is 0 Å². The zero-order valence-electron chi connectivity index (χ0n) is 17.2. The van der Waals surface area contributed by atoms with Crippen molar-refractivity contribution in [2.75, 3.05) is 6.61 Å². The summed E-state index contributed by atoms with van der Waals surface area (Å²) in [5.74, 6) is -0.480. The van der Waals surface area contributed by atoms with Crippen LogP contribution in [0.5, 0.6) is 0 Å². The first-order valence-electron chi connectivity index (χ1n) is 9.75. The van der Waals surface area contributed by atoms with Gasteiger partial charge in [-0.3, -0.25) is 4.79 Å². The van der Waals surface area contributed by atoms with Crippen molar-refractivity contribution < 1.29 is 24.9 Å². The highest BCUT2D eigenvalue weighted by Crippen LogP contribution is 2.28. The number of hydrogen-bond acceptors (Lipinski definition) is 5. The van der Waals surface area contributed by atoms with Crippen LogP contribution in [0.15, 0.2) is 35.5 Å². The Balaban J connectivity index is 3.10. The molecule has 0 heterocycles. The Morgan fingerprint density at radius 3 is 2.56 bits per heavy atom. The zero-order chi connectivity index (χ0) is 20.6. The van der Waals surface area contributed by atoms with Gasteiger partial charge in [-0.05, 0) is 64.9 Å². The zero-order valence-corrected chi connectivity index (χ0v) is 17.2. The lowest BCUT2D eigenvalue weighted by Crippen LogP contribution is -2.39. The molecule has 3 N–H and O–H groups in total. The van der Waals surface area contributed by atoms with Gasteiger partial charge in [0.1, 0.15) is 6.61 Å². The summed E-state index contributed by atoms with van der Waals surface area (Å²) in [5, 5.41) is 31.7. The Bertz CT molecular complexity index is 573. The fourth-order valence-electron chi connectivity index (χ4n) is 3.36. The molecule has 0 spiro atoms. The number of carbonyl (C=O) groups is 1. The van der Waals surface area contributed by atoms with Crippen LogP contribution in [0, 0.1) is 5.92 Å². The Kier molecular flexibility index (Phi) is 9.43. The van der Waals surface area contributed by atoms with Gasteiger partial charge in [-0.2, -0.15) is 0 Å². The number of aliphatic hydroxyl groups is 3. The largest absolute Gasteiger partial charge is 0.461 e. The summed E-state index contributed by atoms with van der Waals surface area (Å²) in [7, 11) is 0. The summed E-state index contributed by atoms with van der Waals surface area (Å²) < 4.78 is 5.10. The molecule has 4 atom stereocenters. The van der Waals surface area contributed by atoms with Gasteiger partial charge in [-0.1, -0.05) is 29.9 Å². The minimum absolute atomic E-state index is 0.0725. The molecule has 154 valence electrons. The predicted molar refractivity (Wildman–Crippen MR) is 107 cm³/mol. The number of esters is 1. The van der Waals surface area contributed by atoms with E-state index in [9.17, 15) is 20.1 Å². The van der Waals surface area contributed by atoms with Crippen LogP contribution in [0.4, 0.5) is 0 Å². The highest BCUT2D eigenvalue weighted by atomic mass is 16.5. The molecule has 1 rings (SSSR count). The van der Waals surface area contributed by atoms with E-state index in [1.165, 1.54) is 12.5 Å². The molecule has 0 radical (unpaired) electrons. The van der Waals surface area contributed by atoms with Crippen LogP contribution < -0.4 is 0 Å². The minimum atomic E-state index is -1.19. The molecule has 1 aliphatic rings. The van der Waals surface area contributed by atoms with E-state index in [2.05, 4.69) is 12.7 Å². The number of rotatable bonds is 3. The van der Waals surface area contributed by atoms with E-state index in [0.29, 0.717) is 25.7 Å². The normalized spacial score (nSPS) is 35.1. The fourth-order valence-corrected chi connectivity index (χ4v) is 3.36. The third-order valence-electron chi connectivity index (χ3n) is 5.36. The SMILES string of the molecule is C=C(C)[C@H]1CC/C(C)=C/CC[C@@](C)(O)[C@H](O)CC/C(COC(C)=O)=C\[C@@H]1O. The van der Waals surface area contributed by atoms with Crippen molar-refractivity contribution in [3.05, 3.63) is 35.5 Å². The molecule has 0 aromatic heterocycles. The van der Waals surface area contributed by atoms with Crippen molar-refractivity contribution in [3.63, 3.8) is 0 Å². The second-order valence-corrected chi connectivity index (χ2v) is 8.09. The van der Waals surface area contributed by atoms with Crippen molar-refractivity contribution in [1.82, 2.24) is 0 Å². The van der Waals surface area contributed by atoms with Gasteiger partial charge >= 0.3 is 5.97 Å². The van der Waals surface area contributed by atoms with Crippen LogP contribution in [0.1, 0.15) is 66.2 Å². The standard InChI is InChI=1S/C22H36O5/c1-15(2)19-10-8-16(3)7-6-12-22(5,26)21(25)11-9-18(13-20(19)24)14-27-17(4)23/h7,13,19-21,24-26H,1,6,8-12,14H2,2-5H3/b16-7+,18-13+/t19-,20+,21-,22-/m1/s1. The third-order valence-corrected chi connectivity index (χ3v) is 5.36. The van der Waals surface area contributed by atoms with Gasteiger partial charge < -0.3 is 20.1 Å². The monoisotopic (exact) mass is 380 g/mol. The maximum Gasteiger partial charge on any atom is 0.302 e. The first kappa shape index (κ1) is 23.6. The first-order valence-corrected chi connectivity index (χ1v) is 9.75. The molecule has 27 heavy (non-hydrogen) atoms. The summed E-state index contributed by atoms with van der Waals surface area (Å²) in [4.78, 5) is 11.2. The number of carbonyl (C=O) groups excluding carboxylic acids is 1. The smallest absolute Gasteiger partial charge is 0.302 e. The van der Waals surface area contributed by atoms with Crippen LogP contribution >= 0.6 is 0 Å². The molecule has 1 aliphatic carbocycles. The van der Waals surface area contributed by atoms with Gasteiger partial charge in [-0.15, -0.1) is 0 Å². The van der Waals surface area contributed by atoms with Gasteiger partial charge in [0.25, 0.3) is 0 Å². The second-order valence-electron chi connectivity index (χ2n) is 8.09. The van der Waals surface area contributed by atoms with Crippen molar-refractivity contribution in [1.29, 1.82) is 0 Å². The molecule has 5 heteroatoms. The van der Waals surface area contributed by atoms with E-state index < -0.39 is 23.8 Å². The highest BCUT2D eigenvalue weighted by Gasteiger charge is 2.30. The van der Waals surface area contributed by atoms with Gasteiger partial charge in [-0.25, -0.2) is 0 Å². The molecule has 0 bridgehead atoms. The molecule has 0 saturated carbocycles. The van der Waals surface area contributed by atoms with E-state index in [4.69, 9.17) is 4.74 Å². The first-order chi connectivity index (χ1) is 12.5. The molecule has 0 saturated heterocycles. The van der Waals surface area contributed by atoms with Crippen LogP contribution in [-0.2, 0) is 9.53 Å². The van der Waals surface area contributed by atoms with E-state index in [1.54, 1.807) is 13.0 Å². The molecule has 0 aromatic rings. The van der Waals surface area contributed by atoms with Crippen molar-refractivity contribution in [2.45, 2.75) is 84.0 Å². The molecule has 0 aliphatic heterocycles. The second kappa shape index (κ2) is 10.8. The molecule has 0 amide bonds. The molecule has 0 unspecified atom stereocenters. The van der Waals surface area contributed by atoms with Crippen LogP contribution in [-0.4, -0.2) is 45.7 Å². The maximum atomic E-state index is 11.2. The third kappa shape index (κ3) is 8.41. The Hall–Kier alpha value is -1.43. The van der Waals surface area contributed by atoms with E-state index in [-0.39, 0.29) is 12.5 Å². The quantitative estimate of drug-likeness (QED) is 0.516.